The first-order valence-electron chi connectivity index (χ1n) is 6.53. The SMILES string of the molecule is COCCCNC(=O)C(=O)NN=Cc1cc([N+](=O)[O-])ccc1O. The number of phenolic OH excluding ortho intramolecular Hbond substituents is 1. The summed E-state index contributed by atoms with van der Waals surface area (Å²) in [4.78, 5) is 32.8. The van der Waals surface area contributed by atoms with Crippen LogP contribution in [0.3, 0.4) is 0 Å². The molecule has 10 nitrogen and oxygen atoms in total. The van der Waals surface area contributed by atoms with Crippen molar-refractivity contribution in [3.05, 3.63) is 33.9 Å². The number of phenols is 1. The van der Waals surface area contributed by atoms with Crippen LogP contribution in [-0.2, 0) is 14.3 Å². The Kier molecular flexibility index (Phi) is 7.14. The highest BCUT2D eigenvalue weighted by molar-refractivity contribution is 6.35. The lowest BCUT2D eigenvalue weighted by Crippen LogP contribution is -2.38. The number of hydrazone groups is 1. The van der Waals surface area contributed by atoms with E-state index >= 15 is 0 Å². The summed E-state index contributed by atoms with van der Waals surface area (Å²) in [6.07, 6.45) is 1.55. The second kappa shape index (κ2) is 9.10. The van der Waals surface area contributed by atoms with Crippen molar-refractivity contribution in [3.8, 4) is 5.75 Å². The first-order chi connectivity index (χ1) is 11.0. The number of ether oxygens (including phenoxy) is 1. The summed E-state index contributed by atoms with van der Waals surface area (Å²) < 4.78 is 4.79. The Morgan fingerprint density at radius 2 is 2.17 bits per heavy atom. The lowest BCUT2D eigenvalue weighted by molar-refractivity contribution is -0.384. The van der Waals surface area contributed by atoms with E-state index in [2.05, 4.69) is 10.4 Å². The van der Waals surface area contributed by atoms with E-state index in [-0.39, 0.29) is 23.5 Å². The van der Waals surface area contributed by atoms with Gasteiger partial charge in [-0.25, -0.2) is 5.43 Å². The highest BCUT2D eigenvalue weighted by Gasteiger charge is 2.12. The van der Waals surface area contributed by atoms with Gasteiger partial charge in [-0.2, -0.15) is 5.10 Å². The van der Waals surface area contributed by atoms with Crippen LogP contribution in [0.2, 0.25) is 0 Å². The summed E-state index contributed by atoms with van der Waals surface area (Å²) in [5, 5.41) is 26.0. The number of aromatic hydroxyl groups is 1. The second-order valence-electron chi connectivity index (χ2n) is 4.30. The molecule has 10 heteroatoms. The maximum absolute atomic E-state index is 11.4. The van der Waals surface area contributed by atoms with Crippen molar-refractivity contribution >= 4 is 23.7 Å². The average Bonchev–Trinajstić information content (AvgIpc) is 2.52. The molecule has 0 bridgehead atoms. The van der Waals surface area contributed by atoms with E-state index in [1.165, 1.54) is 7.11 Å². The van der Waals surface area contributed by atoms with Gasteiger partial charge in [-0.3, -0.25) is 19.7 Å². The van der Waals surface area contributed by atoms with Crippen LogP contribution in [0.4, 0.5) is 5.69 Å². The van der Waals surface area contributed by atoms with Crippen molar-refractivity contribution in [2.75, 3.05) is 20.3 Å². The maximum Gasteiger partial charge on any atom is 0.329 e. The highest BCUT2D eigenvalue weighted by atomic mass is 16.6. The summed E-state index contributed by atoms with van der Waals surface area (Å²) in [7, 11) is 1.52. The van der Waals surface area contributed by atoms with E-state index in [1.807, 2.05) is 5.43 Å². The van der Waals surface area contributed by atoms with Gasteiger partial charge in [0.2, 0.25) is 0 Å². The molecule has 0 aliphatic heterocycles. The number of carbonyl (C=O) groups excluding carboxylic acids is 2. The monoisotopic (exact) mass is 324 g/mol. The van der Waals surface area contributed by atoms with Crippen LogP contribution in [0.1, 0.15) is 12.0 Å². The lowest BCUT2D eigenvalue weighted by Gasteiger charge is -2.03. The maximum atomic E-state index is 11.4. The van der Waals surface area contributed by atoms with Gasteiger partial charge < -0.3 is 15.2 Å². The molecule has 0 aliphatic carbocycles. The highest BCUT2D eigenvalue weighted by Crippen LogP contribution is 2.21. The van der Waals surface area contributed by atoms with E-state index in [4.69, 9.17) is 4.74 Å². The van der Waals surface area contributed by atoms with E-state index < -0.39 is 16.7 Å². The molecule has 3 N–H and O–H groups in total. The third-order valence-electron chi connectivity index (χ3n) is 2.61. The summed E-state index contributed by atoms with van der Waals surface area (Å²) in [5.41, 5.74) is 1.74. The van der Waals surface area contributed by atoms with Crippen LogP contribution >= 0.6 is 0 Å². The Labute approximate surface area is 131 Å². The number of nitrogens with zero attached hydrogens (tertiary/aromatic N) is 2. The van der Waals surface area contributed by atoms with E-state index in [0.717, 1.165) is 24.4 Å². The van der Waals surface area contributed by atoms with Gasteiger partial charge in [0, 0.05) is 38.0 Å². The topological polar surface area (TPSA) is 143 Å². The molecule has 0 fully saturated rings. The van der Waals surface area contributed by atoms with E-state index in [9.17, 15) is 24.8 Å². The van der Waals surface area contributed by atoms with Crippen molar-refractivity contribution in [2.24, 2.45) is 5.10 Å². The third kappa shape index (κ3) is 6.09. The average molecular weight is 324 g/mol. The fourth-order valence-corrected chi connectivity index (χ4v) is 1.47. The van der Waals surface area contributed by atoms with Crippen molar-refractivity contribution in [1.82, 2.24) is 10.7 Å². The number of carbonyl (C=O) groups is 2. The number of nitro benzene ring substituents is 1. The van der Waals surface area contributed by atoms with Crippen LogP contribution in [0.15, 0.2) is 23.3 Å². The van der Waals surface area contributed by atoms with Gasteiger partial charge in [0.25, 0.3) is 5.69 Å². The summed E-state index contributed by atoms with van der Waals surface area (Å²) in [6, 6.07) is 3.33. The molecule has 0 aliphatic rings. The first-order valence-corrected chi connectivity index (χ1v) is 6.53. The number of non-ortho nitro benzene ring substituents is 1. The Morgan fingerprint density at radius 1 is 1.43 bits per heavy atom. The molecule has 0 aromatic heterocycles. The van der Waals surface area contributed by atoms with Crippen LogP contribution in [0.5, 0.6) is 5.75 Å². The number of hydrogen-bond donors (Lipinski definition) is 3. The van der Waals surface area contributed by atoms with Gasteiger partial charge in [-0.05, 0) is 12.5 Å². The first kappa shape index (κ1) is 18.0. The molecule has 0 heterocycles. The van der Waals surface area contributed by atoms with Gasteiger partial charge in [0.05, 0.1) is 11.1 Å². The van der Waals surface area contributed by atoms with E-state index in [0.29, 0.717) is 13.0 Å². The van der Waals surface area contributed by atoms with Crippen LogP contribution in [0.25, 0.3) is 0 Å². The molecule has 2 amide bonds. The Morgan fingerprint density at radius 3 is 2.83 bits per heavy atom. The van der Waals surface area contributed by atoms with E-state index in [1.54, 1.807) is 0 Å². The quantitative estimate of drug-likeness (QED) is 0.210. The Balaban J connectivity index is 2.55. The minimum absolute atomic E-state index is 0.0278. The van der Waals surface area contributed by atoms with Crippen molar-refractivity contribution in [3.63, 3.8) is 0 Å². The number of amides is 2. The summed E-state index contributed by atoms with van der Waals surface area (Å²) >= 11 is 0. The minimum atomic E-state index is -0.997. The van der Waals surface area contributed by atoms with Crippen LogP contribution in [0, 0.1) is 10.1 Å². The lowest BCUT2D eigenvalue weighted by atomic mass is 10.2. The molecule has 124 valence electrons. The molecule has 0 atom stereocenters. The molecule has 0 saturated heterocycles. The molecule has 0 radical (unpaired) electrons. The number of nitrogens with one attached hydrogen (secondary N) is 2. The van der Waals surface area contributed by atoms with Crippen LogP contribution in [-0.4, -0.2) is 48.3 Å². The number of benzene rings is 1. The smallest absolute Gasteiger partial charge is 0.329 e. The molecular formula is C13H16N4O6. The standard InChI is InChI=1S/C13H16N4O6/c1-23-6-2-5-14-12(19)13(20)16-15-8-9-7-10(17(21)22)3-4-11(9)18/h3-4,7-8,18H,2,5-6H2,1H3,(H,14,19)(H,16,20). The molecule has 1 aromatic rings. The predicted octanol–water partition coefficient (Wildman–Crippen LogP) is -0.0968. The Bertz CT molecular complexity index is 616. The normalized spacial score (nSPS) is 10.5. The Hall–Kier alpha value is -3.01. The van der Waals surface area contributed by atoms with Crippen LogP contribution < -0.4 is 10.7 Å². The van der Waals surface area contributed by atoms with Gasteiger partial charge in [-0.1, -0.05) is 0 Å². The zero-order chi connectivity index (χ0) is 17.2. The zero-order valence-corrected chi connectivity index (χ0v) is 12.3. The molecule has 1 rings (SSSR count). The summed E-state index contributed by atoms with van der Waals surface area (Å²) in [5.74, 6) is -2.12. The van der Waals surface area contributed by atoms with Gasteiger partial charge in [0.1, 0.15) is 5.75 Å². The molecular weight excluding hydrogens is 308 g/mol. The molecule has 23 heavy (non-hydrogen) atoms. The number of nitro groups is 1. The van der Waals surface area contributed by atoms with Gasteiger partial charge in [-0.15, -0.1) is 0 Å². The minimum Gasteiger partial charge on any atom is -0.507 e. The second-order valence-corrected chi connectivity index (χ2v) is 4.30. The molecule has 0 unspecified atom stereocenters. The number of rotatable bonds is 7. The molecule has 0 spiro atoms. The fourth-order valence-electron chi connectivity index (χ4n) is 1.47. The van der Waals surface area contributed by atoms with Gasteiger partial charge >= 0.3 is 11.8 Å². The number of methoxy groups -OCH3 is 1. The van der Waals surface area contributed by atoms with Crippen molar-refractivity contribution in [1.29, 1.82) is 0 Å². The predicted molar refractivity (Wildman–Crippen MR) is 80.0 cm³/mol. The third-order valence-corrected chi connectivity index (χ3v) is 2.61. The van der Waals surface area contributed by atoms with Crippen molar-refractivity contribution < 1.29 is 24.4 Å². The summed E-state index contributed by atoms with van der Waals surface area (Å²) in [6.45, 7) is 0.724. The van der Waals surface area contributed by atoms with Gasteiger partial charge in [0.15, 0.2) is 0 Å². The molecule has 1 aromatic carbocycles. The number of hydrogen-bond acceptors (Lipinski definition) is 7. The van der Waals surface area contributed by atoms with Crippen molar-refractivity contribution in [2.45, 2.75) is 6.42 Å². The zero-order valence-electron chi connectivity index (χ0n) is 12.3. The molecule has 0 saturated carbocycles. The fraction of sp³-hybridized carbons (Fsp3) is 0.308. The largest absolute Gasteiger partial charge is 0.507 e.